The summed E-state index contributed by atoms with van der Waals surface area (Å²) in [6.07, 6.45) is 5.15. The van der Waals surface area contributed by atoms with Gasteiger partial charge < -0.3 is 15.5 Å². The highest BCUT2D eigenvalue weighted by Crippen LogP contribution is 2.47. The van der Waals surface area contributed by atoms with Crippen molar-refractivity contribution < 1.29 is 9.59 Å². The van der Waals surface area contributed by atoms with Gasteiger partial charge in [0.05, 0.1) is 11.1 Å². The monoisotopic (exact) mass is 363 g/mol. The number of carbonyl (C=O) groups excluding carboxylic acids is 2. The van der Waals surface area contributed by atoms with E-state index in [1.807, 2.05) is 24.0 Å². The van der Waals surface area contributed by atoms with Crippen LogP contribution in [-0.2, 0) is 0 Å². The number of amides is 2. The van der Waals surface area contributed by atoms with E-state index < -0.39 is 5.66 Å². The van der Waals surface area contributed by atoms with Crippen LogP contribution in [-0.4, -0.2) is 45.4 Å². The van der Waals surface area contributed by atoms with Crippen LogP contribution in [0.2, 0.25) is 0 Å². The summed E-state index contributed by atoms with van der Waals surface area (Å²) in [5.74, 6) is 1.08. The molecule has 5 rings (SSSR count). The number of carbonyl (C=O) groups is 2. The number of likely N-dealkylation sites (tertiary alicyclic amines) is 1. The molecule has 1 spiro atoms. The van der Waals surface area contributed by atoms with Crippen LogP contribution in [0, 0.1) is 18.8 Å². The second-order valence-corrected chi connectivity index (χ2v) is 7.75. The number of aromatic nitrogens is 2. The lowest BCUT2D eigenvalue weighted by Crippen LogP contribution is -2.61. The molecule has 7 nitrogen and oxygen atoms in total. The fourth-order valence-electron chi connectivity index (χ4n) is 4.77. The van der Waals surface area contributed by atoms with Gasteiger partial charge in [0.1, 0.15) is 11.5 Å². The maximum Gasteiger partial charge on any atom is 0.256 e. The number of hydrogen-bond acceptors (Lipinski definition) is 5. The first kappa shape index (κ1) is 16.2. The Kier molecular flexibility index (Phi) is 3.47. The first-order valence-corrected chi connectivity index (χ1v) is 9.33. The van der Waals surface area contributed by atoms with Crippen LogP contribution < -0.4 is 10.6 Å². The van der Waals surface area contributed by atoms with Gasteiger partial charge in [0.15, 0.2) is 0 Å². The second-order valence-electron chi connectivity index (χ2n) is 7.75. The topological polar surface area (TPSA) is 87.2 Å². The Labute approximate surface area is 157 Å². The molecular formula is C20H21N5O2. The minimum Gasteiger partial charge on any atom is -0.347 e. The van der Waals surface area contributed by atoms with Crippen LogP contribution in [0.3, 0.4) is 0 Å². The van der Waals surface area contributed by atoms with Crippen molar-refractivity contribution in [3.8, 4) is 0 Å². The van der Waals surface area contributed by atoms with E-state index in [9.17, 15) is 9.59 Å². The van der Waals surface area contributed by atoms with Crippen LogP contribution >= 0.6 is 0 Å². The zero-order valence-electron chi connectivity index (χ0n) is 15.1. The summed E-state index contributed by atoms with van der Waals surface area (Å²) in [7, 11) is 0. The van der Waals surface area contributed by atoms with Gasteiger partial charge in [-0.25, -0.2) is 4.98 Å². The molecule has 2 amide bonds. The molecule has 1 saturated carbocycles. The number of aryl methyl sites for hydroxylation is 1. The van der Waals surface area contributed by atoms with Gasteiger partial charge >= 0.3 is 0 Å². The number of rotatable bonds is 1. The summed E-state index contributed by atoms with van der Waals surface area (Å²) in [5, 5.41) is 6.67. The third kappa shape index (κ3) is 2.49. The molecule has 0 radical (unpaired) electrons. The zero-order valence-corrected chi connectivity index (χ0v) is 15.1. The molecule has 27 heavy (non-hydrogen) atoms. The maximum absolute atomic E-state index is 12.9. The van der Waals surface area contributed by atoms with Crippen molar-refractivity contribution >= 4 is 17.6 Å². The Morgan fingerprint density at radius 3 is 2.93 bits per heavy atom. The molecule has 1 saturated heterocycles. The van der Waals surface area contributed by atoms with E-state index >= 15 is 0 Å². The Hall–Kier alpha value is -2.96. The van der Waals surface area contributed by atoms with Crippen LogP contribution in [0.5, 0.6) is 0 Å². The standard InChI is InChI=1S/C20H21N5O2/c1-12-4-5-13(9-22-12)19(27)25-10-14-6-7-20(16(14)11-25)23-17-15(18(26)24-20)3-2-8-21-17/h2-5,8-9,14,16H,6-7,10-11H2,1H3,(H,21,23)(H,24,26)/t14-,16+,20?/m0/s1. The molecule has 3 aliphatic rings. The summed E-state index contributed by atoms with van der Waals surface area (Å²) in [6.45, 7) is 3.24. The van der Waals surface area contributed by atoms with Crippen LogP contribution in [0.15, 0.2) is 36.7 Å². The molecular weight excluding hydrogens is 342 g/mol. The second kappa shape index (κ2) is 5.77. The predicted octanol–water partition coefficient (Wildman–Crippen LogP) is 1.82. The van der Waals surface area contributed by atoms with Gasteiger partial charge in [0.25, 0.3) is 11.8 Å². The van der Waals surface area contributed by atoms with E-state index in [2.05, 4.69) is 20.6 Å². The summed E-state index contributed by atoms with van der Waals surface area (Å²) in [4.78, 5) is 36.0. The average molecular weight is 363 g/mol. The van der Waals surface area contributed by atoms with Gasteiger partial charge in [-0.2, -0.15) is 0 Å². The quantitative estimate of drug-likeness (QED) is 0.807. The Morgan fingerprint density at radius 1 is 1.22 bits per heavy atom. The molecule has 138 valence electrons. The fraction of sp³-hybridized carbons (Fsp3) is 0.400. The predicted molar refractivity (Wildman–Crippen MR) is 99.1 cm³/mol. The molecule has 0 aromatic carbocycles. The third-order valence-corrected chi connectivity index (χ3v) is 6.16. The highest BCUT2D eigenvalue weighted by molar-refractivity contribution is 6.01. The number of hydrogen-bond donors (Lipinski definition) is 2. The lowest BCUT2D eigenvalue weighted by atomic mass is 9.90. The summed E-state index contributed by atoms with van der Waals surface area (Å²) in [6, 6.07) is 7.23. The van der Waals surface area contributed by atoms with Crippen LogP contribution in [0.4, 0.5) is 5.82 Å². The molecule has 2 N–H and O–H groups in total. The average Bonchev–Trinajstić information content (AvgIpc) is 3.23. The van der Waals surface area contributed by atoms with E-state index in [4.69, 9.17) is 0 Å². The van der Waals surface area contributed by atoms with Crippen LogP contribution in [0.1, 0.15) is 39.3 Å². The summed E-state index contributed by atoms with van der Waals surface area (Å²) in [5.41, 5.74) is 1.55. The molecule has 1 aliphatic carbocycles. The largest absolute Gasteiger partial charge is 0.347 e. The van der Waals surface area contributed by atoms with Crippen molar-refractivity contribution in [2.24, 2.45) is 11.8 Å². The molecule has 7 heteroatoms. The molecule has 2 aromatic rings. The normalized spacial score (nSPS) is 28.5. The summed E-state index contributed by atoms with van der Waals surface area (Å²) >= 11 is 0. The smallest absolute Gasteiger partial charge is 0.256 e. The fourth-order valence-corrected chi connectivity index (χ4v) is 4.77. The number of nitrogens with zero attached hydrogens (tertiary/aromatic N) is 3. The first-order chi connectivity index (χ1) is 13.1. The number of nitrogens with one attached hydrogen (secondary N) is 2. The molecule has 2 fully saturated rings. The van der Waals surface area contributed by atoms with Crippen molar-refractivity contribution in [1.29, 1.82) is 0 Å². The lowest BCUT2D eigenvalue weighted by molar-refractivity contribution is 0.0767. The van der Waals surface area contributed by atoms with E-state index in [1.54, 1.807) is 24.5 Å². The SMILES string of the molecule is Cc1ccc(C(=O)N2C[C@@H]3CCC4(NC(=O)c5cccnc5N4)[C@@H]3C2)cn1. The highest BCUT2D eigenvalue weighted by atomic mass is 16.2. The minimum atomic E-state index is -0.524. The molecule has 0 bridgehead atoms. The van der Waals surface area contributed by atoms with Gasteiger partial charge in [0, 0.05) is 37.1 Å². The molecule has 1 unspecified atom stereocenters. The van der Waals surface area contributed by atoms with Gasteiger partial charge in [-0.1, -0.05) is 0 Å². The number of pyridine rings is 2. The van der Waals surface area contributed by atoms with Gasteiger partial charge in [-0.15, -0.1) is 0 Å². The van der Waals surface area contributed by atoms with Crippen molar-refractivity contribution in [3.05, 3.63) is 53.5 Å². The molecule has 4 heterocycles. The van der Waals surface area contributed by atoms with Gasteiger partial charge in [-0.3, -0.25) is 14.6 Å². The van der Waals surface area contributed by atoms with Gasteiger partial charge in [0.2, 0.25) is 0 Å². The third-order valence-electron chi connectivity index (χ3n) is 6.16. The number of fused-ring (bicyclic) bond motifs is 3. The van der Waals surface area contributed by atoms with Crippen molar-refractivity contribution in [1.82, 2.24) is 20.2 Å². The van der Waals surface area contributed by atoms with E-state index in [-0.39, 0.29) is 17.7 Å². The van der Waals surface area contributed by atoms with Crippen molar-refractivity contribution in [2.45, 2.75) is 25.4 Å². The number of anilines is 1. The molecule has 2 aromatic heterocycles. The van der Waals surface area contributed by atoms with Crippen molar-refractivity contribution in [2.75, 3.05) is 18.4 Å². The van der Waals surface area contributed by atoms with Crippen molar-refractivity contribution in [3.63, 3.8) is 0 Å². The Morgan fingerprint density at radius 2 is 2.11 bits per heavy atom. The lowest BCUT2D eigenvalue weighted by Gasteiger charge is -2.41. The van der Waals surface area contributed by atoms with E-state index in [0.717, 1.165) is 18.5 Å². The minimum absolute atomic E-state index is 0.00714. The van der Waals surface area contributed by atoms with Gasteiger partial charge in [-0.05, 0) is 49.9 Å². The van der Waals surface area contributed by atoms with E-state index in [0.29, 0.717) is 36.0 Å². The van der Waals surface area contributed by atoms with Crippen LogP contribution in [0.25, 0.3) is 0 Å². The Balaban J connectivity index is 1.40. The maximum atomic E-state index is 12.9. The Bertz CT molecular complexity index is 928. The summed E-state index contributed by atoms with van der Waals surface area (Å²) < 4.78 is 0. The first-order valence-electron chi connectivity index (χ1n) is 9.33. The zero-order chi connectivity index (χ0) is 18.6. The highest BCUT2D eigenvalue weighted by Gasteiger charge is 2.56. The van der Waals surface area contributed by atoms with E-state index in [1.165, 1.54) is 0 Å². The molecule has 2 aliphatic heterocycles. The molecule has 3 atom stereocenters.